The van der Waals surface area contributed by atoms with Gasteiger partial charge in [0.1, 0.15) is 5.76 Å². The van der Waals surface area contributed by atoms with Gasteiger partial charge in [0.2, 0.25) is 0 Å². The second-order valence-corrected chi connectivity index (χ2v) is 6.41. The molecule has 0 aliphatic carbocycles. The summed E-state index contributed by atoms with van der Waals surface area (Å²) in [5.41, 5.74) is 2.13. The lowest BCUT2D eigenvalue weighted by atomic mass is 10.2. The minimum atomic E-state index is 0.714. The van der Waals surface area contributed by atoms with E-state index in [4.69, 9.17) is 16.1 Å². The number of aromatic nitrogens is 1. The van der Waals surface area contributed by atoms with Gasteiger partial charge in [-0.3, -0.25) is 0 Å². The molecule has 1 aromatic carbocycles. The van der Waals surface area contributed by atoms with Crippen LogP contribution < -0.4 is 5.32 Å². The fourth-order valence-electron chi connectivity index (χ4n) is 2.06. The van der Waals surface area contributed by atoms with Crippen molar-refractivity contribution in [2.24, 2.45) is 0 Å². The first-order chi connectivity index (χ1) is 10.2. The van der Waals surface area contributed by atoms with E-state index in [9.17, 15) is 0 Å². The van der Waals surface area contributed by atoms with Gasteiger partial charge in [-0.05, 0) is 36.8 Å². The Kier molecular flexibility index (Phi) is 4.39. The molecule has 21 heavy (non-hydrogen) atoms. The van der Waals surface area contributed by atoms with Gasteiger partial charge >= 0.3 is 0 Å². The van der Waals surface area contributed by atoms with Gasteiger partial charge < -0.3 is 9.84 Å². The Hall–Kier alpha value is -1.62. The highest BCUT2D eigenvalue weighted by Crippen LogP contribution is 2.28. The maximum absolute atomic E-state index is 5.91. The van der Waals surface area contributed by atoms with Gasteiger partial charge in [0, 0.05) is 33.9 Å². The van der Waals surface area contributed by atoms with Gasteiger partial charge in [-0.1, -0.05) is 28.9 Å². The summed E-state index contributed by atoms with van der Waals surface area (Å²) in [4.78, 5) is 2.54. The van der Waals surface area contributed by atoms with Crippen LogP contribution in [-0.4, -0.2) is 5.16 Å². The number of rotatable bonds is 5. The minimum Gasteiger partial charge on any atom is -0.361 e. The second-order valence-electron chi connectivity index (χ2n) is 4.81. The lowest BCUT2D eigenvalue weighted by Crippen LogP contribution is -2.11. The molecule has 0 radical (unpaired) electrons. The molecule has 3 rings (SSSR count). The zero-order valence-corrected chi connectivity index (χ0v) is 13.2. The standard InChI is InChI=1S/C16H15ClN2OS/c1-11-8-14(19-20-11)9-18-10-15-6-7-16(21-15)12-2-4-13(17)5-3-12/h2-8,18H,9-10H2,1H3. The monoisotopic (exact) mass is 318 g/mol. The van der Waals surface area contributed by atoms with Gasteiger partial charge in [-0.2, -0.15) is 0 Å². The third-order valence-electron chi connectivity index (χ3n) is 3.07. The minimum absolute atomic E-state index is 0.714. The van der Waals surface area contributed by atoms with Crippen LogP contribution in [0, 0.1) is 6.92 Å². The Balaban J connectivity index is 1.59. The first-order valence-electron chi connectivity index (χ1n) is 6.68. The molecule has 0 aliphatic heterocycles. The highest BCUT2D eigenvalue weighted by atomic mass is 35.5. The average Bonchev–Trinajstić information content (AvgIpc) is 3.09. The Morgan fingerprint density at radius 2 is 1.95 bits per heavy atom. The first kappa shape index (κ1) is 14.3. The number of nitrogens with one attached hydrogen (secondary N) is 1. The van der Waals surface area contributed by atoms with E-state index in [2.05, 4.69) is 22.6 Å². The molecule has 3 nitrogen and oxygen atoms in total. The molecule has 108 valence electrons. The molecule has 2 heterocycles. The summed E-state index contributed by atoms with van der Waals surface area (Å²) >= 11 is 7.70. The largest absolute Gasteiger partial charge is 0.361 e. The second kappa shape index (κ2) is 6.43. The van der Waals surface area contributed by atoms with Gasteiger partial charge in [-0.25, -0.2) is 0 Å². The van der Waals surface area contributed by atoms with Crippen LogP contribution in [0.5, 0.6) is 0 Å². The predicted molar refractivity (Wildman–Crippen MR) is 86.5 cm³/mol. The smallest absolute Gasteiger partial charge is 0.133 e. The highest BCUT2D eigenvalue weighted by Gasteiger charge is 2.04. The molecule has 0 spiro atoms. The molecule has 5 heteroatoms. The molecule has 0 atom stereocenters. The van der Waals surface area contributed by atoms with E-state index in [0.717, 1.165) is 23.0 Å². The van der Waals surface area contributed by atoms with E-state index < -0.39 is 0 Å². The topological polar surface area (TPSA) is 38.1 Å². The van der Waals surface area contributed by atoms with Gasteiger partial charge in [0.05, 0.1) is 5.69 Å². The zero-order chi connectivity index (χ0) is 14.7. The number of hydrogen-bond acceptors (Lipinski definition) is 4. The van der Waals surface area contributed by atoms with Gasteiger partial charge in [0.15, 0.2) is 0 Å². The lowest BCUT2D eigenvalue weighted by Gasteiger charge is -1.99. The van der Waals surface area contributed by atoms with E-state index in [1.165, 1.54) is 15.3 Å². The van der Waals surface area contributed by atoms with Crippen molar-refractivity contribution in [2.45, 2.75) is 20.0 Å². The van der Waals surface area contributed by atoms with Crippen molar-refractivity contribution >= 4 is 22.9 Å². The number of halogens is 1. The van der Waals surface area contributed by atoms with Crippen molar-refractivity contribution in [1.82, 2.24) is 10.5 Å². The van der Waals surface area contributed by atoms with Gasteiger partial charge in [-0.15, -0.1) is 11.3 Å². The third-order valence-corrected chi connectivity index (χ3v) is 4.46. The zero-order valence-electron chi connectivity index (χ0n) is 11.6. The summed E-state index contributed by atoms with van der Waals surface area (Å²) in [6.45, 7) is 3.43. The van der Waals surface area contributed by atoms with Crippen molar-refractivity contribution in [3.63, 3.8) is 0 Å². The Morgan fingerprint density at radius 1 is 1.14 bits per heavy atom. The van der Waals surface area contributed by atoms with Crippen molar-refractivity contribution in [1.29, 1.82) is 0 Å². The van der Waals surface area contributed by atoms with Crippen molar-refractivity contribution < 1.29 is 4.52 Å². The Morgan fingerprint density at radius 3 is 2.67 bits per heavy atom. The SMILES string of the molecule is Cc1cc(CNCc2ccc(-c3ccc(Cl)cc3)s2)no1. The van der Waals surface area contributed by atoms with Gasteiger partial charge in [0.25, 0.3) is 0 Å². The molecular formula is C16H15ClN2OS. The number of aryl methyl sites for hydroxylation is 1. The molecule has 0 aliphatic rings. The Bertz CT molecular complexity index is 718. The molecule has 0 amide bonds. The summed E-state index contributed by atoms with van der Waals surface area (Å²) in [7, 11) is 0. The summed E-state index contributed by atoms with van der Waals surface area (Å²) < 4.78 is 5.04. The molecule has 0 bridgehead atoms. The number of thiophene rings is 1. The van der Waals surface area contributed by atoms with Crippen molar-refractivity contribution in [3.8, 4) is 10.4 Å². The molecular weight excluding hydrogens is 304 g/mol. The van der Waals surface area contributed by atoms with Crippen LogP contribution in [0.4, 0.5) is 0 Å². The van der Waals surface area contributed by atoms with E-state index in [1.807, 2.05) is 37.3 Å². The fourth-order valence-corrected chi connectivity index (χ4v) is 3.17. The fraction of sp³-hybridized carbons (Fsp3) is 0.188. The first-order valence-corrected chi connectivity index (χ1v) is 7.88. The highest BCUT2D eigenvalue weighted by molar-refractivity contribution is 7.15. The molecule has 0 fully saturated rings. The maximum Gasteiger partial charge on any atom is 0.133 e. The molecule has 0 saturated carbocycles. The summed E-state index contributed by atoms with van der Waals surface area (Å²) in [5.74, 6) is 0.841. The number of benzene rings is 1. The molecule has 1 N–H and O–H groups in total. The van der Waals surface area contributed by atoms with Crippen LogP contribution >= 0.6 is 22.9 Å². The van der Waals surface area contributed by atoms with E-state index in [0.29, 0.717) is 6.54 Å². The molecule has 2 aromatic heterocycles. The van der Waals surface area contributed by atoms with Crippen molar-refractivity contribution in [2.75, 3.05) is 0 Å². The summed E-state index contributed by atoms with van der Waals surface area (Å²) in [5, 5.41) is 8.10. The van der Waals surface area contributed by atoms with Crippen molar-refractivity contribution in [3.05, 3.63) is 63.8 Å². The molecule has 0 saturated heterocycles. The Labute approximate surface area is 132 Å². The van der Waals surface area contributed by atoms with Crippen LogP contribution in [0.3, 0.4) is 0 Å². The quantitative estimate of drug-likeness (QED) is 0.744. The number of hydrogen-bond donors (Lipinski definition) is 1. The van der Waals surface area contributed by atoms with E-state index in [-0.39, 0.29) is 0 Å². The predicted octanol–water partition coefficient (Wildman–Crippen LogP) is 4.65. The number of nitrogens with zero attached hydrogens (tertiary/aromatic N) is 1. The van der Waals surface area contributed by atoms with Crippen LogP contribution in [0.25, 0.3) is 10.4 Å². The maximum atomic E-state index is 5.91. The molecule has 0 unspecified atom stereocenters. The lowest BCUT2D eigenvalue weighted by molar-refractivity contribution is 0.388. The summed E-state index contributed by atoms with van der Waals surface area (Å²) in [6, 6.07) is 14.2. The normalized spacial score (nSPS) is 11.0. The van der Waals surface area contributed by atoms with Crippen LogP contribution in [-0.2, 0) is 13.1 Å². The van der Waals surface area contributed by atoms with Crippen LogP contribution in [0.15, 0.2) is 47.0 Å². The van der Waals surface area contributed by atoms with E-state index in [1.54, 1.807) is 11.3 Å². The summed E-state index contributed by atoms with van der Waals surface area (Å²) in [6.07, 6.45) is 0. The van der Waals surface area contributed by atoms with E-state index >= 15 is 0 Å². The van der Waals surface area contributed by atoms with Crippen LogP contribution in [0.1, 0.15) is 16.3 Å². The van der Waals surface area contributed by atoms with Crippen LogP contribution in [0.2, 0.25) is 5.02 Å². The molecule has 3 aromatic rings. The third kappa shape index (κ3) is 3.73. The average molecular weight is 319 g/mol.